The summed E-state index contributed by atoms with van der Waals surface area (Å²) in [5, 5.41) is 15.7. The highest BCUT2D eigenvalue weighted by atomic mass is 16.4. The van der Waals surface area contributed by atoms with E-state index >= 15 is 0 Å². The molecule has 0 fully saturated rings. The van der Waals surface area contributed by atoms with E-state index in [1.54, 1.807) is 42.2 Å². The van der Waals surface area contributed by atoms with Crippen molar-refractivity contribution in [2.45, 2.75) is 38.8 Å². The van der Waals surface area contributed by atoms with Crippen molar-refractivity contribution in [3.8, 4) is 0 Å². The largest absolute Gasteiger partial charge is 0.481 e. The molecule has 0 aliphatic carbocycles. The molecular weight excluding hydrogens is 286 g/mol. The number of furan rings is 1. The van der Waals surface area contributed by atoms with Gasteiger partial charge in [0.2, 0.25) is 0 Å². The van der Waals surface area contributed by atoms with Gasteiger partial charge in [0, 0.05) is 17.9 Å². The van der Waals surface area contributed by atoms with Crippen LogP contribution in [0.15, 0.2) is 35.0 Å². The average molecular weight is 305 g/mol. The lowest BCUT2D eigenvalue weighted by Crippen LogP contribution is -2.46. The first-order valence-electron chi connectivity index (χ1n) is 7.02. The van der Waals surface area contributed by atoms with Crippen molar-refractivity contribution in [2.75, 3.05) is 0 Å². The first-order valence-corrected chi connectivity index (χ1v) is 7.02. The Kier molecular flexibility index (Phi) is 4.65. The summed E-state index contributed by atoms with van der Waals surface area (Å²) in [5.74, 6) is -0.613. The van der Waals surface area contributed by atoms with Crippen LogP contribution >= 0.6 is 0 Å². The highest BCUT2D eigenvalue weighted by molar-refractivity contribution is 5.92. The molecule has 2 N–H and O–H groups in total. The smallest absolute Gasteiger partial charge is 0.305 e. The van der Waals surface area contributed by atoms with Gasteiger partial charge >= 0.3 is 5.97 Å². The zero-order valence-electron chi connectivity index (χ0n) is 12.6. The van der Waals surface area contributed by atoms with Crippen molar-refractivity contribution in [2.24, 2.45) is 0 Å². The summed E-state index contributed by atoms with van der Waals surface area (Å²) in [6.45, 7) is 3.96. The molecule has 0 unspecified atom stereocenters. The summed E-state index contributed by atoms with van der Waals surface area (Å²) >= 11 is 0. The first kappa shape index (κ1) is 15.8. The number of aliphatic carboxylic acids is 1. The van der Waals surface area contributed by atoms with Crippen LogP contribution in [-0.4, -0.2) is 32.3 Å². The van der Waals surface area contributed by atoms with Gasteiger partial charge < -0.3 is 14.8 Å². The molecule has 0 aliphatic heterocycles. The molecule has 0 aliphatic rings. The standard InChI is InChI=1S/C15H19N3O4/c1-3-15(2,9-13(19)20)17-14(21)12-6-5-11(22-12)10-18-8-4-7-16-18/h4-8H,3,9-10H2,1-2H3,(H,17,21)(H,19,20)/t15-/m0/s1. The number of aromatic nitrogens is 2. The Morgan fingerprint density at radius 2 is 2.23 bits per heavy atom. The minimum atomic E-state index is -0.955. The van der Waals surface area contributed by atoms with E-state index in [0.717, 1.165) is 0 Å². The van der Waals surface area contributed by atoms with Crippen LogP contribution in [0.1, 0.15) is 43.0 Å². The number of hydrogen-bond donors (Lipinski definition) is 2. The van der Waals surface area contributed by atoms with Gasteiger partial charge in [0.25, 0.3) is 5.91 Å². The fourth-order valence-electron chi connectivity index (χ4n) is 2.07. The van der Waals surface area contributed by atoms with Crippen molar-refractivity contribution in [1.82, 2.24) is 15.1 Å². The van der Waals surface area contributed by atoms with Gasteiger partial charge in [-0.05, 0) is 31.5 Å². The van der Waals surface area contributed by atoms with E-state index < -0.39 is 17.4 Å². The van der Waals surface area contributed by atoms with Crippen molar-refractivity contribution >= 4 is 11.9 Å². The number of nitrogens with one attached hydrogen (secondary N) is 1. The number of nitrogens with zero attached hydrogens (tertiary/aromatic N) is 2. The van der Waals surface area contributed by atoms with Crippen LogP contribution in [0.2, 0.25) is 0 Å². The van der Waals surface area contributed by atoms with Gasteiger partial charge in [0.05, 0.1) is 13.0 Å². The summed E-state index contributed by atoms with van der Waals surface area (Å²) in [7, 11) is 0. The Balaban J connectivity index is 2.03. The molecule has 0 radical (unpaired) electrons. The van der Waals surface area contributed by atoms with Gasteiger partial charge in [-0.1, -0.05) is 6.92 Å². The predicted molar refractivity (Wildman–Crippen MR) is 78.5 cm³/mol. The molecule has 1 amide bonds. The van der Waals surface area contributed by atoms with Crippen molar-refractivity contribution < 1.29 is 19.1 Å². The van der Waals surface area contributed by atoms with Crippen molar-refractivity contribution in [3.63, 3.8) is 0 Å². The molecule has 7 heteroatoms. The Labute approximate surface area is 127 Å². The number of carbonyl (C=O) groups is 2. The van der Waals surface area contributed by atoms with Gasteiger partial charge in [0.15, 0.2) is 5.76 Å². The van der Waals surface area contributed by atoms with Crippen molar-refractivity contribution in [1.29, 1.82) is 0 Å². The van der Waals surface area contributed by atoms with Crippen LogP contribution in [0.4, 0.5) is 0 Å². The van der Waals surface area contributed by atoms with E-state index in [2.05, 4.69) is 10.4 Å². The summed E-state index contributed by atoms with van der Waals surface area (Å²) < 4.78 is 7.18. The fourth-order valence-corrected chi connectivity index (χ4v) is 2.07. The van der Waals surface area contributed by atoms with Gasteiger partial charge in [-0.25, -0.2) is 0 Å². The second-order valence-electron chi connectivity index (χ2n) is 5.41. The molecule has 7 nitrogen and oxygen atoms in total. The molecule has 2 aromatic heterocycles. The molecular formula is C15H19N3O4. The highest BCUT2D eigenvalue weighted by Gasteiger charge is 2.28. The third-order valence-electron chi connectivity index (χ3n) is 3.50. The Bertz CT molecular complexity index is 648. The molecule has 2 aromatic rings. The summed E-state index contributed by atoms with van der Waals surface area (Å²) in [5.41, 5.74) is -0.808. The zero-order valence-corrected chi connectivity index (χ0v) is 12.6. The van der Waals surface area contributed by atoms with Crippen molar-refractivity contribution in [3.05, 3.63) is 42.1 Å². The molecule has 2 heterocycles. The van der Waals surface area contributed by atoms with Gasteiger partial charge in [-0.15, -0.1) is 0 Å². The number of rotatable bonds is 7. The lowest BCUT2D eigenvalue weighted by molar-refractivity contribution is -0.138. The summed E-state index contributed by atoms with van der Waals surface area (Å²) in [6.07, 6.45) is 3.82. The maximum Gasteiger partial charge on any atom is 0.305 e. The van der Waals surface area contributed by atoms with Gasteiger partial charge in [0.1, 0.15) is 5.76 Å². The topological polar surface area (TPSA) is 97.4 Å². The molecule has 0 saturated heterocycles. The number of carboxylic acid groups (broad SMARTS) is 1. The van der Waals surface area contributed by atoms with Gasteiger partial charge in [-0.3, -0.25) is 14.3 Å². The molecule has 0 saturated carbocycles. The maximum absolute atomic E-state index is 12.2. The lowest BCUT2D eigenvalue weighted by Gasteiger charge is -2.27. The van der Waals surface area contributed by atoms with E-state index in [4.69, 9.17) is 9.52 Å². The van der Waals surface area contributed by atoms with E-state index in [1.807, 2.05) is 6.92 Å². The fraction of sp³-hybridized carbons (Fsp3) is 0.400. The Morgan fingerprint density at radius 1 is 1.45 bits per heavy atom. The second-order valence-corrected chi connectivity index (χ2v) is 5.41. The SMILES string of the molecule is CC[C@@](C)(CC(=O)O)NC(=O)c1ccc(Cn2cccn2)o1. The predicted octanol–water partition coefficient (Wildman–Crippen LogP) is 1.90. The molecule has 1 atom stereocenters. The van der Waals surface area contributed by atoms with Crippen LogP contribution in [-0.2, 0) is 11.3 Å². The normalized spacial score (nSPS) is 13.5. The minimum Gasteiger partial charge on any atom is -0.481 e. The molecule has 2 rings (SSSR count). The molecule has 0 spiro atoms. The van der Waals surface area contributed by atoms with E-state index in [1.165, 1.54) is 0 Å². The second kappa shape index (κ2) is 6.46. The average Bonchev–Trinajstić information content (AvgIpc) is 3.10. The number of amides is 1. The monoisotopic (exact) mass is 305 g/mol. The minimum absolute atomic E-state index is 0.143. The first-order chi connectivity index (χ1) is 10.4. The molecule has 0 bridgehead atoms. The highest BCUT2D eigenvalue weighted by Crippen LogP contribution is 2.17. The number of carbonyl (C=O) groups excluding carboxylic acids is 1. The van der Waals surface area contributed by atoms with E-state index in [9.17, 15) is 9.59 Å². The van der Waals surface area contributed by atoms with Gasteiger partial charge in [-0.2, -0.15) is 5.10 Å². The quantitative estimate of drug-likeness (QED) is 0.814. The van der Waals surface area contributed by atoms with Crippen LogP contribution < -0.4 is 5.32 Å². The molecule has 118 valence electrons. The Morgan fingerprint density at radius 3 is 2.82 bits per heavy atom. The number of carboxylic acids is 1. The summed E-state index contributed by atoms with van der Waals surface area (Å²) in [4.78, 5) is 23.1. The van der Waals surface area contributed by atoms with Crippen LogP contribution in [0, 0.1) is 0 Å². The van der Waals surface area contributed by atoms with Crippen LogP contribution in [0.5, 0.6) is 0 Å². The van der Waals surface area contributed by atoms with E-state index in [-0.39, 0.29) is 12.2 Å². The maximum atomic E-state index is 12.2. The molecule has 22 heavy (non-hydrogen) atoms. The third-order valence-corrected chi connectivity index (χ3v) is 3.50. The van der Waals surface area contributed by atoms with Crippen LogP contribution in [0.25, 0.3) is 0 Å². The lowest BCUT2D eigenvalue weighted by atomic mass is 9.94. The Hall–Kier alpha value is -2.57. The molecule has 0 aromatic carbocycles. The van der Waals surface area contributed by atoms with E-state index in [0.29, 0.717) is 18.7 Å². The number of hydrogen-bond acceptors (Lipinski definition) is 4. The van der Waals surface area contributed by atoms with Crippen LogP contribution in [0.3, 0.4) is 0 Å². The zero-order chi connectivity index (χ0) is 16.2. The third kappa shape index (κ3) is 3.97. The summed E-state index contributed by atoms with van der Waals surface area (Å²) in [6, 6.07) is 5.08.